The van der Waals surface area contributed by atoms with Gasteiger partial charge in [0.05, 0.1) is 0 Å². The monoisotopic (exact) mass is 295 g/mol. The van der Waals surface area contributed by atoms with Crippen molar-refractivity contribution in [1.29, 1.82) is 0 Å². The summed E-state index contributed by atoms with van der Waals surface area (Å²) in [6.45, 7) is 9.61. The van der Waals surface area contributed by atoms with Gasteiger partial charge < -0.3 is 15.1 Å². The van der Waals surface area contributed by atoms with E-state index in [4.69, 9.17) is 0 Å². The molecular weight excluding hydrogens is 258 g/mol. The minimum atomic E-state index is 0.717. The van der Waals surface area contributed by atoms with Crippen LogP contribution in [-0.2, 0) is 0 Å². The summed E-state index contributed by atoms with van der Waals surface area (Å²) in [6, 6.07) is 1.47. The number of hydrogen-bond donors (Lipinski definition) is 1. The van der Waals surface area contributed by atoms with Crippen molar-refractivity contribution < 1.29 is 0 Å². The lowest BCUT2D eigenvalue weighted by atomic mass is 9.80. The summed E-state index contributed by atoms with van der Waals surface area (Å²) in [7, 11) is 4.64. The van der Waals surface area contributed by atoms with Gasteiger partial charge in [-0.1, -0.05) is 20.3 Å². The molecule has 3 nitrogen and oxygen atoms in total. The van der Waals surface area contributed by atoms with Gasteiger partial charge in [0.1, 0.15) is 0 Å². The van der Waals surface area contributed by atoms with Gasteiger partial charge in [-0.15, -0.1) is 0 Å². The zero-order valence-electron chi connectivity index (χ0n) is 14.8. The van der Waals surface area contributed by atoms with Crippen LogP contribution in [0.25, 0.3) is 0 Å². The van der Waals surface area contributed by atoms with Gasteiger partial charge in [-0.05, 0) is 77.7 Å². The molecule has 1 saturated carbocycles. The van der Waals surface area contributed by atoms with Gasteiger partial charge in [0, 0.05) is 18.6 Å². The van der Waals surface area contributed by atoms with E-state index in [0.717, 1.165) is 24.4 Å². The second-order valence-electron chi connectivity index (χ2n) is 7.51. The molecular formula is C18H37N3. The second kappa shape index (κ2) is 8.50. The summed E-state index contributed by atoms with van der Waals surface area (Å²) in [5, 5.41) is 3.75. The Balaban J connectivity index is 1.88. The zero-order chi connectivity index (χ0) is 15.2. The van der Waals surface area contributed by atoms with Crippen LogP contribution >= 0.6 is 0 Å². The molecule has 1 saturated heterocycles. The number of likely N-dealkylation sites (tertiary alicyclic amines) is 1. The van der Waals surface area contributed by atoms with Crippen LogP contribution in [0.2, 0.25) is 0 Å². The Morgan fingerprint density at radius 1 is 1.05 bits per heavy atom. The molecule has 1 heterocycles. The standard InChI is InChI=1S/C18H37N3/c1-5-15-7-8-17(19-6-2)18(13-15)21(4)14-16-9-11-20(3)12-10-16/h15-19H,5-14H2,1-4H3. The molecule has 0 aromatic carbocycles. The summed E-state index contributed by atoms with van der Waals surface area (Å²) in [5.74, 6) is 1.86. The fraction of sp³-hybridized carbons (Fsp3) is 1.00. The van der Waals surface area contributed by atoms with Crippen molar-refractivity contribution in [2.75, 3.05) is 40.3 Å². The topological polar surface area (TPSA) is 18.5 Å². The van der Waals surface area contributed by atoms with E-state index in [9.17, 15) is 0 Å². The molecule has 0 spiro atoms. The first kappa shape index (κ1) is 17.2. The number of piperidine rings is 1. The van der Waals surface area contributed by atoms with Gasteiger partial charge in [0.25, 0.3) is 0 Å². The van der Waals surface area contributed by atoms with Gasteiger partial charge >= 0.3 is 0 Å². The first-order valence-corrected chi connectivity index (χ1v) is 9.26. The third-order valence-electron chi connectivity index (χ3n) is 5.92. The lowest BCUT2D eigenvalue weighted by Crippen LogP contribution is -2.53. The first-order valence-electron chi connectivity index (χ1n) is 9.26. The molecule has 2 aliphatic rings. The highest BCUT2D eigenvalue weighted by Crippen LogP contribution is 2.30. The Hall–Kier alpha value is -0.120. The van der Waals surface area contributed by atoms with Gasteiger partial charge in [-0.2, -0.15) is 0 Å². The third-order valence-corrected chi connectivity index (χ3v) is 5.92. The first-order chi connectivity index (χ1) is 10.1. The second-order valence-corrected chi connectivity index (χ2v) is 7.51. The van der Waals surface area contributed by atoms with Crippen LogP contribution in [-0.4, -0.2) is 62.2 Å². The van der Waals surface area contributed by atoms with Crippen LogP contribution in [0.3, 0.4) is 0 Å². The van der Waals surface area contributed by atoms with Crippen LogP contribution in [0.4, 0.5) is 0 Å². The molecule has 1 aliphatic heterocycles. The van der Waals surface area contributed by atoms with E-state index in [1.807, 2.05) is 0 Å². The maximum Gasteiger partial charge on any atom is 0.0249 e. The number of nitrogens with zero attached hydrogens (tertiary/aromatic N) is 2. The number of rotatable bonds is 6. The molecule has 0 amide bonds. The Morgan fingerprint density at radius 2 is 1.76 bits per heavy atom. The maximum atomic E-state index is 3.75. The van der Waals surface area contributed by atoms with Gasteiger partial charge in [0.15, 0.2) is 0 Å². The third kappa shape index (κ3) is 4.94. The summed E-state index contributed by atoms with van der Waals surface area (Å²) in [4.78, 5) is 5.18. The molecule has 1 aliphatic carbocycles. The van der Waals surface area contributed by atoms with Crippen molar-refractivity contribution in [2.45, 2.75) is 64.5 Å². The molecule has 0 aromatic rings. The normalized spacial score (nSPS) is 32.7. The van der Waals surface area contributed by atoms with Crippen LogP contribution in [0.5, 0.6) is 0 Å². The van der Waals surface area contributed by atoms with Crippen molar-refractivity contribution in [3.63, 3.8) is 0 Å². The van der Waals surface area contributed by atoms with Crippen LogP contribution in [0, 0.1) is 11.8 Å². The zero-order valence-corrected chi connectivity index (χ0v) is 14.8. The molecule has 1 N–H and O–H groups in total. The Bertz CT molecular complexity index is 286. The lowest BCUT2D eigenvalue weighted by Gasteiger charge is -2.43. The molecule has 0 aromatic heterocycles. The molecule has 3 unspecified atom stereocenters. The fourth-order valence-electron chi connectivity index (χ4n) is 4.38. The molecule has 3 heteroatoms. The average Bonchev–Trinajstić information content (AvgIpc) is 2.50. The predicted molar refractivity (Wildman–Crippen MR) is 91.7 cm³/mol. The van der Waals surface area contributed by atoms with Crippen molar-refractivity contribution in [2.24, 2.45) is 11.8 Å². The average molecular weight is 296 g/mol. The maximum absolute atomic E-state index is 3.75. The summed E-state index contributed by atoms with van der Waals surface area (Å²) >= 11 is 0. The molecule has 3 atom stereocenters. The summed E-state index contributed by atoms with van der Waals surface area (Å²) < 4.78 is 0. The molecule has 2 rings (SSSR count). The van der Waals surface area contributed by atoms with Crippen molar-refractivity contribution in [1.82, 2.24) is 15.1 Å². The van der Waals surface area contributed by atoms with E-state index >= 15 is 0 Å². The summed E-state index contributed by atoms with van der Waals surface area (Å²) in [6.07, 6.45) is 8.32. The van der Waals surface area contributed by atoms with Gasteiger partial charge in [-0.25, -0.2) is 0 Å². The highest BCUT2D eigenvalue weighted by molar-refractivity contribution is 4.90. The number of nitrogens with one attached hydrogen (secondary N) is 1. The van der Waals surface area contributed by atoms with E-state index in [1.54, 1.807) is 0 Å². The van der Waals surface area contributed by atoms with E-state index < -0.39 is 0 Å². The molecule has 2 fully saturated rings. The molecule has 124 valence electrons. The van der Waals surface area contributed by atoms with Crippen molar-refractivity contribution in [3.05, 3.63) is 0 Å². The van der Waals surface area contributed by atoms with Crippen molar-refractivity contribution >= 4 is 0 Å². The van der Waals surface area contributed by atoms with Gasteiger partial charge in [0.2, 0.25) is 0 Å². The van der Waals surface area contributed by atoms with Gasteiger partial charge in [-0.3, -0.25) is 0 Å². The number of likely N-dealkylation sites (N-methyl/N-ethyl adjacent to an activating group) is 2. The largest absolute Gasteiger partial charge is 0.313 e. The Kier molecular flexibility index (Phi) is 6.97. The molecule has 21 heavy (non-hydrogen) atoms. The predicted octanol–water partition coefficient (Wildman–Crippen LogP) is 2.82. The van der Waals surface area contributed by atoms with Crippen LogP contribution < -0.4 is 5.32 Å². The highest BCUT2D eigenvalue weighted by atomic mass is 15.2. The van der Waals surface area contributed by atoms with Crippen LogP contribution in [0.15, 0.2) is 0 Å². The number of hydrogen-bond acceptors (Lipinski definition) is 3. The summed E-state index contributed by atoms with van der Waals surface area (Å²) in [5.41, 5.74) is 0. The Labute approximate surface area is 132 Å². The minimum absolute atomic E-state index is 0.717. The van der Waals surface area contributed by atoms with E-state index in [-0.39, 0.29) is 0 Å². The highest BCUT2D eigenvalue weighted by Gasteiger charge is 2.32. The molecule has 0 bridgehead atoms. The van der Waals surface area contributed by atoms with E-state index in [0.29, 0.717) is 6.04 Å². The van der Waals surface area contributed by atoms with Crippen molar-refractivity contribution in [3.8, 4) is 0 Å². The SMILES string of the molecule is CCNC1CCC(CC)CC1N(C)CC1CCN(C)CC1. The minimum Gasteiger partial charge on any atom is -0.313 e. The van der Waals surface area contributed by atoms with E-state index in [2.05, 4.69) is 43.1 Å². The van der Waals surface area contributed by atoms with E-state index in [1.165, 1.54) is 58.2 Å². The van der Waals surface area contributed by atoms with Crippen LogP contribution in [0.1, 0.15) is 52.4 Å². The lowest BCUT2D eigenvalue weighted by molar-refractivity contribution is 0.0889. The Morgan fingerprint density at radius 3 is 2.38 bits per heavy atom. The molecule has 0 radical (unpaired) electrons. The fourth-order valence-corrected chi connectivity index (χ4v) is 4.38. The smallest absolute Gasteiger partial charge is 0.0249 e. The quantitative estimate of drug-likeness (QED) is 0.813.